The predicted octanol–water partition coefficient (Wildman–Crippen LogP) is 2.52. The van der Waals surface area contributed by atoms with Crippen LogP contribution in [0.15, 0.2) is 48.9 Å². The molecule has 0 spiro atoms. The van der Waals surface area contributed by atoms with Crippen molar-refractivity contribution >= 4 is 16.9 Å². The summed E-state index contributed by atoms with van der Waals surface area (Å²) >= 11 is 0. The molecular weight excluding hydrogens is 264 g/mol. The van der Waals surface area contributed by atoms with E-state index in [1.807, 2.05) is 61.5 Å². The van der Waals surface area contributed by atoms with Crippen LogP contribution in [-0.2, 0) is 0 Å². The second kappa shape index (κ2) is 5.54. The van der Waals surface area contributed by atoms with Gasteiger partial charge in [0.15, 0.2) is 0 Å². The summed E-state index contributed by atoms with van der Waals surface area (Å²) in [6, 6.07) is 11.5. The zero-order valence-corrected chi connectivity index (χ0v) is 12.1. The highest BCUT2D eigenvalue weighted by Gasteiger charge is 2.23. The minimum Gasteiger partial charge on any atom is -0.386 e. The standard InChI is InChI=1S/C16H18N4O/c1-11(14(21)12-6-4-3-5-7-12)20(2)16-13-8-9-17-15(13)18-10-19-16/h3-11,14,21H,1-2H3,(H,17,18,19). The fourth-order valence-corrected chi connectivity index (χ4v) is 2.47. The van der Waals surface area contributed by atoms with Crippen LogP contribution in [0.1, 0.15) is 18.6 Å². The van der Waals surface area contributed by atoms with Crippen LogP contribution >= 0.6 is 0 Å². The third-order valence-corrected chi connectivity index (χ3v) is 3.88. The molecule has 5 nitrogen and oxygen atoms in total. The summed E-state index contributed by atoms with van der Waals surface area (Å²) in [5.41, 5.74) is 1.70. The largest absolute Gasteiger partial charge is 0.386 e. The SMILES string of the molecule is CC(C(O)c1ccccc1)N(C)c1ncnc2[nH]ccc12. The predicted molar refractivity (Wildman–Crippen MR) is 83.2 cm³/mol. The fraction of sp³-hybridized carbons (Fsp3) is 0.250. The number of anilines is 1. The lowest BCUT2D eigenvalue weighted by Crippen LogP contribution is -2.35. The quantitative estimate of drug-likeness (QED) is 0.771. The van der Waals surface area contributed by atoms with Gasteiger partial charge in [-0.3, -0.25) is 0 Å². The minimum atomic E-state index is -0.583. The molecule has 0 aliphatic heterocycles. The molecule has 0 saturated carbocycles. The number of hydrogen-bond donors (Lipinski definition) is 2. The van der Waals surface area contributed by atoms with Crippen molar-refractivity contribution in [2.45, 2.75) is 19.1 Å². The molecule has 2 aromatic heterocycles. The van der Waals surface area contributed by atoms with Gasteiger partial charge in [-0.2, -0.15) is 0 Å². The van der Waals surface area contributed by atoms with Crippen LogP contribution in [0.4, 0.5) is 5.82 Å². The fourth-order valence-electron chi connectivity index (χ4n) is 2.47. The summed E-state index contributed by atoms with van der Waals surface area (Å²) in [5, 5.41) is 11.5. The van der Waals surface area contributed by atoms with Crippen LogP contribution in [-0.4, -0.2) is 33.1 Å². The van der Waals surface area contributed by atoms with Crippen LogP contribution in [0, 0.1) is 0 Å². The second-order valence-corrected chi connectivity index (χ2v) is 5.14. The molecule has 2 heterocycles. The smallest absolute Gasteiger partial charge is 0.142 e. The molecule has 5 heteroatoms. The Bertz CT molecular complexity index is 725. The molecule has 3 aromatic rings. The molecule has 2 N–H and O–H groups in total. The molecule has 0 bridgehead atoms. The molecule has 0 fully saturated rings. The third-order valence-electron chi connectivity index (χ3n) is 3.88. The van der Waals surface area contributed by atoms with Gasteiger partial charge in [0.25, 0.3) is 0 Å². The molecule has 1 aromatic carbocycles. The number of rotatable bonds is 4. The van der Waals surface area contributed by atoms with E-state index >= 15 is 0 Å². The first-order valence-corrected chi connectivity index (χ1v) is 6.92. The Morgan fingerprint density at radius 3 is 2.67 bits per heavy atom. The van der Waals surface area contributed by atoms with Crippen molar-refractivity contribution < 1.29 is 5.11 Å². The number of aromatic nitrogens is 3. The van der Waals surface area contributed by atoms with Gasteiger partial charge < -0.3 is 15.0 Å². The maximum absolute atomic E-state index is 10.6. The van der Waals surface area contributed by atoms with Gasteiger partial charge >= 0.3 is 0 Å². The van der Waals surface area contributed by atoms with Gasteiger partial charge in [0.2, 0.25) is 0 Å². The zero-order chi connectivity index (χ0) is 14.8. The molecule has 2 atom stereocenters. The van der Waals surface area contributed by atoms with E-state index in [1.54, 1.807) is 0 Å². The van der Waals surface area contributed by atoms with E-state index in [4.69, 9.17) is 0 Å². The highest BCUT2D eigenvalue weighted by atomic mass is 16.3. The molecular formula is C16H18N4O. The van der Waals surface area contributed by atoms with Gasteiger partial charge in [0.05, 0.1) is 17.5 Å². The van der Waals surface area contributed by atoms with Crippen molar-refractivity contribution in [1.29, 1.82) is 0 Å². The van der Waals surface area contributed by atoms with E-state index < -0.39 is 6.10 Å². The first-order valence-electron chi connectivity index (χ1n) is 6.92. The van der Waals surface area contributed by atoms with Crippen molar-refractivity contribution in [1.82, 2.24) is 15.0 Å². The number of hydrogen-bond acceptors (Lipinski definition) is 4. The molecule has 0 saturated heterocycles. The van der Waals surface area contributed by atoms with Gasteiger partial charge in [-0.25, -0.2) is 9.97 Å². The number of likely N-dealkylation sites (N-methyl/N-ethyl adjacent to an activating group) is 1. The summed E-state index contributed by atoms with van der Waals surface area (Å²) in [7, 11) is 1.94. The number of aliphatic hydroxyl groups is 1. The van der Waals surface area contributed by atoms with E-state index in [0.29, 0.717) is 0 Å². The van der Waals surface area contributed by atoms with Crippen molar-refractivity contribution in [3.05, 3.63) is 54.5 Å². The van der Waals surface area contributed by atoms with Crippen molar-refractivity contribution in [2.24, 2.45) is 0 Å². The third kappa shape index (κ3) is 2.48. The van der Waals surface area contributed by atoms with Crippen molar-refractivity contribution in [3.63, 3.8) is 0 Å². The Kier molecular flexibility index (Phi) is 3.58. The monoisotopic (exact) mass is 282 g/mol. The molecule has 0 amide bonds. The number of H-pyrrole nitrogens is 1. The van der Waals surface area contributed by atoms with E-state index in [9.17, 15) is 5.11 Å². The summed E-state index contributed by atoms with van der Waals surface area (Å²) in [6.45, 7) is 1.98. The Morgan fingerprint density at radius 1 is 1.14 bits per heavy atom. The van der Waals surface area contributed by atoms with Crippen molar-refractivity contribution in [2.75, 3.05) is 11.9 Å². The molecule has 0 radical (unpaired) electrons. The van der Waals surface area contributed by atoms with Crippen LogP contribution in [0.3, 0.4) is 0 Å². The average Bonchev–Trinajstić information content (AvgIpc) is 3.02. The normalized spacial score (nSPS) is 14.0. The lowest BCUT2D eigenvalue weighted by Gasteiger charge is -2.30. The van der Waals surface area contributed by atoms with Gasteiger partial charge in [-0.05, 0) is 18.6 Å². The van der Waals surface area contributed by atoms with E-state index in [0.717, 1.165) is 22.4 Å². The number of nitrogens with zero attached hydrogens (tertiary/aromatic N) is 3. The van der Waals surface area contributed by atoms with Crippen LogP contribution in [0.2, 0.25) is 0 Å². The lowest BCUT2D eigenvalue weighted by molar-refractivity contribution is 0.150. The minimum absolute atomic E-state index is 0.111. The number of nitrogens with one attached hydrogen (secondary N) is 1. The Labute approximate surface area is 123 Å². The summed E-state index contributed by atoms with van der Waals surface area (Å²) in [4.78, 5) is 13.6. The summed E-state index contributed by atoms with van der Waals surface area (Å²) < 4.78 is 0. The molecule has 0 aliphatic carbocycles. The molecule has 3 rings (SSSR count). The molecule has 108 valence electrons. The van der Waals surface area contributed by atoms with Gasteiger partial charge in [-0.15, -0.1) is 0 Å². The molecule has 21 heavy (non-hydrogen) atoms. The van der Waals surface area contributed by atoms with Gasteiger partial charge in [0, 0.05) is 13.2 Å². The summed E-state index contributed by atoms with van der Waals surface area (Å²) in [6.07, 6.45) is 2.79. The van der Waals surface area contributed by atoms with Gasteiger partial charge in [0.1, 0.15) is 17.8 Å². The number of benzene rings is 1. The Morgan fingerprint density at radius 2 is 1.90 bits per heavy atom. The number of aromatic amines is 1. The topological polar surface area (TPSA) is 65.0 Å². The van der Waals surface area contributed by atoms with Gasteiger partial charge in [-0.1, -0.05) is 30.3 Å². The van der Waals surface area contributed by atoms with Crippen LogP contribution in [0.5, 0.6) is 0 Å². The maximum Gasteiger partial charge on any atom is 0.142 e. The van der Waals surface area contributed by atoms with Crippen molar-refractivity contribution in [3.8, 4) is 0 Å². The number of fused-ring (bicyclic) bond motifs is 1. The first-order chi connectivity index (χ1) is 10.2. The molecule has 2 unspecified atom stereocenters. The van der Waals surface area contributed by atoms with E-state index in [2.05, 4.69) is 15.0 Å². The highest BCUT2D eigenvalue weighted by Crippen LogP contribution is 2.27. The lowest BCUT2D eigenvalue weighted by atomic mass is 10.0. The number of aliphatic hydroxyl groups excluding tert-OH is 1. The zero-order valence-electron chi connectivity index (χ0n) is 12.1. The first kappa shape index (κ1) is 13.6. The maximum atomic E-state index is 10.6. The van der Waals surface area contributed by atoms with E-state index in [-0.39, 0.29) is 6.04 Å². The highest BCUT2D eigenvalue weighted by molar-refractivity contribution is 5.87. The van der Waals surface area contributed by atoms with E-state index in [1.165, 1.54) is 6.33 Å². The molecule has 0 aliphatic rings. The van der Waals surface area contributed by atoms with Crippen LogP contribution < -0.4 is 4.90 Å². The Hall–Kier alpha value is -2.40. The Balaban J connectivity index is 1.91. The second-order valence-electron chi connectivity index (χ2n) is 5.14. The van der Waals surface area contributed by atoms with Crippen LogP contribution in [0.25, 0.3) is 11.0 Å². The summed E-state index contributed by atoms with van der Waals surface area (Å²) in [5.74, 6) is 0.809. The average molecular weight is 282 g/mol.